The Morgan fingerprint density at radius 1 is 1.14 bits per heavy atom. The van der Waals surface area contributed by atoms with Crippen LogP contribution in [0.4, 0.5) is 4.79 Å². The van der Waals surface area contributed by atoms with Gasteiger partial charge in [0.2, 0.25) is 0 Å². The first kappa shape index (κ1) is 23.6. The third-order valence-corrected chi connectivity index (χ3v) is 6.82. The number of amides is 1. The van der Waals surface area contributed by atoms with Crippen molar-refractivity contribution in [3.05, 3.63) is 53.6 Å². The van der Waals surface area contributed by atoms with Crippen molar-refractivity contribution in [3.8, 4) is 5.75 Å². The lowest BCUT2D eigenvalue weighted by Gasteiger charge is -2.32. The first-order chi connectivity index (χ1) is 16.6. The highest BCUT2D eigenvalue weighted by Gasteiger charge is 2.44. The molecule has 1 saturated carbocycles. The van der Waals surface area contributed by atoms with Gasteiger partial charge in [-0.2, -0.15) is 0 Å². The summed E-state index contributed by atoms with van der Waals surface area (Å²) in [5.41, 5.74) is 3.03. The average Bonchev–Trinajstić information content (AvgIpc) is 3.35. The maximum atomic E-state index is 12.7. The number of carbonyl (C=O) groups is 1. The first-order valence-corrected chi connectivity index (χ1v) is 12.0. The van der Waals surface area contributed by atoms with E-state index >= 15 is 0 Å². The monoisotopic (exact) mass is 480 g/mol. The number of ether oxygens (including phenoxy) is 2. The molecule has 35 heavy (non-hydrogen) atoms. The second kappa shape index (κ2) is 8.80. The standard InChI is InChI=1S/C26H32N4O5/c1-15-17-9-11-30(24(17)28-14-27-15)19-12-21(23(32)22(19)31)34-20-7-5-6-16-8-10-29(13-18(16)20)25(33)35-26(2,3)4/h5-7,9,11,14,19,21-23,31-32H,8,10,12-13H2,1-4H3/t19-,21+,22+,23-/m1/s1. The molecule has 9 heteroatoms. The van der Waals surface area contributed by atoms with Crippen molar-refractivity contribution in [2.45, 2.75) is 77.0 Å². The number of aromatic nitrogens is 3. The van der Waals surface area contributed by atoms with E-state index in [-0.39, 0.29) is 12.1 Å². The number of aryl methyl sites for hydroxylation is 1. The Hall–Kier alpha value is -3.17. The van der Waals surface area contributed by atoms with Gasteiger partial charge in [-0.3, -0.25) is 0 Å². The molecule has 0 unspecified atom stereocenters. The van der Waals surface area contributed by atoms with Crippen LogP contribution in [0, 0.1) is 6.92 Å². The Balaban J connectivity index is 1.37. The number of nitrogens with zero attached hydrogens (tertiary/aromatic N) is 4. The predicted octanol–water partition coefficient (Wildman–Crippen LogP) is 3.15. The molecule has 0 bridgehead atoms. The summed E-state index contributed by atoms with van der Waals surface area (Å²) in [5.74, 6) is 0.614. The highest BCUT2D eigenvalue weighted by atomic mass is 16.6. The van der Waals surface area contributed by atoms with E-state index < -0.39 is 23.9 Å². The van der Waals surface area contributed by atoms with Crippen molar-refractivity contribution in [1.82, 2.24) is 19.4 Å². The zero-order chi connectivity index (χ0) is 24.9. The minimum atomic E-state index is -1.07. The third-order valence-electron chi connectivity index (χ3n) is 6.82. The third kappa shape index (κ3) is 4.46. The second-order valence-corrected chi connectivity index (χ2v) is 10.4. The lowest BCUT2D eigenvalue weighted by Crippen LogP contribution is -2.40. The summed E-state index contributed by atoms with van der Waals surface area (Å²) >= 11 is 0. The van der Waals surface area contributed by atoms with Crippen LogP contribution in [0.15, 0.2) is 36.8 Å². The maximum Gasteiger partial charge on any atom is 0.410 e. The molecule has 1 amide bonds. The number of rotatable bonds is 3. The van der Waals surface area contributed by atoms with Gasteiger partial charge in [0.25, 0.3) is 0 Å². The molecule has 9 nitrogen and oxygen atoms in total. The molecule has 1 aliphatic carbocycles. The number of carbonyl (C=O) groups excluding carboxylic acids is 1. The second-order valence-electron chi connectivity index (χ2n) is 10.4. The Morgan fingerprint density at radius 2 is 1.94 bits per heavy atom. The summed E-state index contributed by atoms with van der Waals surface area (Å²) in [6, 6.07) is 7.35. The van der Waals surface area contributed by atoms with Crippen molar-refractivity contribution in [2.24, 2.45) is 0 Å². The molecular formula is C26H32N4O5. The van der Waals surface area contributed by atoms with Crippen LogP contribution in [0.5, 0.6) is 5.75 Å². The van der Waals surface area contributed by atoms with Gasteiger partial charge in [0.1, 0.15) is 41.6 Å². The van der Waals surface area contributed by atoms with E-state index in [1.54, 1.807) is 4.90 Å². The van der Waals surface area contributed by atoms with Gasteiger partial charge >= 0.3 is 6.09 Å². The van der Waals surface area contributed by atoms with Gasteiger partial charge in [0.05, 0.1) is 18.3 Å². The van der Waals surface area contributed by atoms with Crippen molar-refractivity contribution in [3.63, 3.8) is 0 Å². The summed E-state index contributed by atoms with van der Waals surface area (Å²) in [5, 5.41) is 22.7. The van der Waals surface area contributed by atoms with Crippen molar-refractivity contribution >= 4 is 17.1 Å². The molecule has 186 valence electrons. The lowest BCUT2D eigenvalue weighted by molar-refractivity contribution is -0.0169. The van der Waals surface area contributed by atoms with Crippen LogP contribution < -0.4 is 4.74 Å². The molecule has 3 heterocycles. The Morgan fingerprint density at radius 3 is 2.71 bits per heavy atom. The number of aliphatic hydroxyl groups excluding tert-OH is 2. The highest BCUT2D eigenvalue weighted by molar-refractivity contribution is 5.78. The zero-order valence-corrected chi connectivity index (χ0v) is 20.5. The smallest absolute Gasteiger partial charge is 0.410 e. The summed E-state index contributed by atoms with van der Waals surface area (Å²) in [4.78, 5) is 23.0. The fourth-order valence-corrected chi connectivity index (χ4v) is 5.03. The molecule has 4 atom stereocenters. The highest BCUT2D eigenvalue weighted by Crippen LogP contribution is 2.38. The SMILES string of the molecule is Cc1ncnc2c1ccn2[C@@H]1C[C@H](Oc2cccc3c2CN(C(=O)OC(C)(C)C)CC3)[C@@H](O)[C@H]1O. The minimum absolute atomic E-state index is 0.355. The molecule has 0 spiro atoms. The summed E-state index contributed by atoms with van der Waals surface area (Å²) in [7, 11) is 0. The van der Waals surface area contributed by atoms with Gasteiger partial charge < -0.3 is 29.2 Å². The number of hydrogen-bond acceptors (Lipinski definition) is 7. The Kier molecular flexibility index (Phi) is 5.93. The molecule has 0 saturated heterocycles. The van der Waals surface area contributed by atoms with E-state index in [0.717, 1.165) is 27.9 Å². The average molecular weight is 481 g/mol. The molecule has 2 aromatic heterocycles. The van der Waals surface area contributed by atoms with Crippen LogP contribution in [0.2, 0.25) is 0 Å². The van der Waals surface area contributed by atoms with E-state index in [0.29, 0.717) is 31.7 Å². The fourth-order valence-electron chi connectivity index (χ4n) is 5.03. The predicted molar refractivity (Wildman–Crippen MR) is 129 cm³/mol. The fraction of sp³-hybridized carbons (Fsp3) is 0.500. The summed E-state index contributed by atoms with van der Waals surface area (Å²) in [6.45, 7) is 8.40. The quantitative estimate of drug-likeness (QED) is 0.593. The van der Waals surface area contributed by atoms with E-state index in [4.69, 9.17) is 9.47 Å². The van der Waals surface area contributed by atoms with Crippen LogP contribution in [0.3, 0.4) is 0 Å². The van der Waals surface area contributed by atoms with Crippen LogP contribution in [-0.4, -0.2) is 66.2 Å². The van der Waals surface area contributed by atoms with E-state index in [1.165, 1.54) is 6.33 Å². The number of benzene rings is 1. The normalized spacial score (nSPS) is 24.5. The van der Waals surface area contributed by atoms with Gasteiger partial charge in [-0.05, 0) is 51.8 Å². The summed E-state index contributed by atoms with van der Waals surface area (Å²) < 4.78 is 13.8. The molecule has 1 aromatic carbocycles. The number of hydrogen-bond donors (Lipinski definition) is 2. The van der Waals surface area contributed by atoms with E-state index in [9.17, 15) is 15.0 Å². The van der Waals surface area contributed by atoms with Crippen molar-refractivity contribution in [1.29, 1.82) is 0 Å². The van der Waals surface area contributed by atoms with E-state index in [2.05, 4.69) is 9.97 Å². The van der Waals surface area contributed by atoms with Gasteiger partial charge in [0.15, 0.2) is 0 Å². The molecule has 2 N–H and O–H groups in total. The Bertz CT molecular complexity index is 1250. The topological polar surface area (TPSA) is 110 Å². The lowest BCUT2D eigenvalue weighted by atomic mass is 9.99. The van der Waals surface area contributed by atoms with E-state index in [1.807, 2.05) is 62.7 Å². The summed E-state index contributed by atoms with van der Waals surface area (Å²) in [6.07, 6.45) is 1.44. The molecule has 0 radical (unpaired) electrons. The van der Waals surface area contributed by atoms with Gasteiger partial charge in [-0.15, -0.1) is 0 Å². The van der Waals surface area contributed by atoms with Gasteiger partial charge in [-0.1, -0.05) is 12.1 Å². The molecule has 5 rings (SSSR count). The van der Waals surface area contributed by atoms with Crippen LogP contribution in [0.1, 0.15) is 50.1 Å². The zero-order valence-electron chi connectivity index (χ0n) is 20.5. The van der Waals surface area contributed by atoms with Crippen LogP contribution in [-0.2, 0) is 17.7 Å². The minimum Gasteiger partial charge on any atom is -0.487 e. The van der Waals surface area contributed by atoms with Crippen LogP contribution >= 0.6 is 0 Å². The van der Waals surface area contributed by atoms with Crippen molar-refractivity contribution in [2.75, 3.05) is 6.54 Å². The van der Waals surface area contributed by atoms with Gasteiger partial charge in [-0.25, -0.2) is 14.8 Å². The maximum absolute atomic E-state index is 12.7. The first-order valence-electron chi connectivity index (χ1n) is 12.0. The largest absolute Gasteiger partial charge is 0.487 e. The molecule has 1 fully saturated rings. The van der Waals surface area contributed by atoms with Crippen molar-refractivity contribution < 1.29 is 24.5 Å². The molecular weight excluding hydrogens is 448 g/mol. The van der Waals surface area contributed by atoms with Gasteiger partial charge in [0, 0.05) is 30.1 Å². The number of fused-ring (bicyclic) bond motifs is 2. The number of aliphatic hydroxyl groups is 2. The Labute approximate surface area is 204 Å². The molecule has 2 aliphatic rings. The van der Waals surface area contributed by atoms with Crippen LogP contribution in [0.25, 0.3) is 11.0 Å². The molecule has 1 aliphatic heterocycles. The molecule has 3 aromatic rings.